The van der Waals surface area contributed by atoms with Gasteiger partial charge in [0.2, 0.25) is 0 Å². The quantitative estimate of drug-likeness (QED) is 0.865. The van der Waals surface area contributed by atoms with Crippen molar-refractivity contribution in [2.45, 2.75) is 13.5 Å². The molecule has 96 valence electrons. The van der Waals surface area contributed by atoms with Crippen LogP contribution in [0.15, 0.2) is 18.2 Å². The molecular formula is C13H17N3O2. The van der Waals surface area contributed by atoms with Crippen molar-refractivity contribution in [3.8, 4) is 22.8 Å². The number of aromatic nitrogens is 2. The van der Waals surface area contributed by atoms with Gasteiger partial charge in [0.15, 0.2) is 11.5 Å². The van der Waals surface area contributed by atoms with Crippen LogP contribution in [0.2, 0.25) is 0 Å². The topological polar surface area (TPSA) is 73.2 Å². The lowest BCUT2D eigenvalue weighted by Crippen LogP contribution is -1.98. The van der Waals surface area contributed by atoms with Crippen molar-refractivity contribution in [2.24, 2.45) is 5.73 Å². The van der Waals surface area contributed by atoms with Crippen LogP contribution in [0.1, 0.15) is 11.5 Å². The molecule has 3 N–H and O–H groups in total. The van der Waals surface area contributed by atoms with Gasteiger partial charge in [-0.1, -0.05) is 0 Å². The number of aryl methyl sites for hydroxylation is 1. The molecule has 18 heavy (non-hydrogen) atoms. The summed E-state index contributed by atoms with van der Waals surface area (Å²) < 4.78 is 10.5. The molecule has 2 aromatic rings. The van der Waals surface area contributed by atoms with Gasteiger partial charge in [-0.3, -0.25) is 0 Å². The highest BCUT2D eigenvalue weighted by Gasteiger charge is 2.11. The van der Waals surface area contributed by atoms with Crippen LogP contribution in [0.25, 0.3) is 11.3 Å². The Morgan fingerprint density at radius 3 is 2.50 bits per heavy atom. The van der Waals surface area contributed by atoms with E-state index in [1.165, 1.54) is 0 Å². The number of nitrogens with one attached hydrogen (secondary N) is 1. The van der Waals surface area contributed by atoms with E-state index in [0.717, 1.165) is 22.8 Å². The van der Waals surface area contributed by atoms with Crippen LogP contribution in [0, 0.1) is 6.92 Å². The Labute approximate surface area is 106 Å². The fourth-order valence-corrected chi connectivity index (χ4v) is 1.88. The molecule has 0 bridgehead atoms. The number of rotatable bonds is 4. The molecule has 1 aromatic carbocycles. The largest absolute Gasteiger partial charge is 0.493 e. The van der Waals surface area contributed by atoms with Gasteiger partial charge in [-0.05, 0) is 25.1 Å². The molecule has 1 heterocycles. The van der Waals surface area contributed by atoms with E-state index in [2.05, 4.69) is 9.97 Å². The molecule has 0 unspecified atom stereocenters. The lowest BCUT2D eigenvalue weighted by atomic mass is 10.1. The van der Waals surface area contributed by atoms with Gasteiger partial charge in [0.05, 0.1) is 26.5 Å². The molecule has 2 rings (SSSR count). The van der Waals surface area contributed by atoms with E-state index in [-0.39, 0.29) is 0 Å². The number of H-pyrrole nitrogens is 1. The maximum Gasteiger partial charge on any atom is 0.161 e. The Morgan fingerprint density at radius 2 is 1.94 bits per heavy atom. The summed E-state index contributed by atoms with van der Waals surface area (Å²) in [6.45, 7) is 2.37. The smallest absolute Gasteiger partial charge is 0.161 e. The highest BCUT2D eigenvalue weighted by atomic mass is 16.5. The molecule has 0 fully saturated rings. The van der Waals surface area contributed by atoms with Gasteiger partial charge in [-0.2, -0.15) is 0 Å². The van der Waals surface area contributed by atoms with Gasteiger partial charge in [-0.25, -0.2) is 4.98 Å². The van der Waals surface area contributed by atoms with Crippen LogP contribution in [0.4, 0.5) is 0 Å². The molecule has 0 radical (unpaired) electrons. The van der Waals surface area contributed by atoms with E-state index >= 15 is 0 Å². The first kappa shape index (κ1) is 12.4. The second-order valence-electron chi connectivity index (χ2n) is 3.93. The van der Waals surface area contributed by atoms with Crippen LogP contribution < -0.4 is 15.2 Å². The number of ether oxygens (including phenoxy) is 2. The second kappa shape index (κ2) is 5.10. The molecule has 0 amide bonds. The van der Waals surface area contributed by atoms with Crippen LogP contribution in [0.5, 0.6) is 11.5 Å². The molecular weight excluding hydrogens is 230 g/mol. The van der Waals surface area contributed by atoms with Gasteiger partial charge in [0.1, 0.15) is 5.82 Å². The summed E-state index contributed by atoms with van der Waals surface area (Å²) in [4.78, 5) is 7.60. The first-order valence-electron chi connectivity index (χ1n) is 5.67. The number of hydrogen-bond donors (Lipinski definition) is 2. The summed E-state index contributed by atoms with van der Waals surface area (Å²) in [5, 5.41) is 0. The summed E-state index contributed by atoms with van der Waals surface area (Å²) in [5.74, 6) is 2.16. The number of nitrogens with two attached hydrogens (primary N) is 1. The summed E-state index contributed by atoms with van der Waals surface area (Å²) in [5.41, 5.74) is 8.42. The Bertz CT molecular complexity index is 549. The van der Waals surface area contributed by atoms with Gasteiger partial charge >= 0.3 is 0 Å². The van der Waals surface area contributed by atoms with Crippen molar-refractivity contribution in [1.82, 2.24) is 9.97 Å². The van der Waals surface area contributed by atoms with Crippen LogP contribution >= 0.6 is 0 Å². The molecule has 0 aliphatic heterocycles. The van der Waals surface area contributed by atoms with Gasteiger partial charge in [0, 0.05) is 11.3 Å². The third-order valence-corrected chi connectivity index (χ3v) is 2.78. The van der Waals surface area contributed by atoms with E-state index in [1.807, 2.05) is 25.1 Å². The molecule has 0 spiro atoms. The number of aromatic amines is 1. The predicted molar refractivity (Wildman–Crippen MR) is 69.8 cm³/mol. The van der Waals surface area contributed by atoms with Crippen LogP contribution in [-0.2, 0) is 6.54 Å². The fourth-order valence-electron chi connectivity index (χ4n) is 1.88. The Balaban J connectivity index is 2.47. The fraction of sp³-hybridized carbons (Fsp3) is 0.308. The van der Waals surface area contributed by atoms with Crippen molar-refractivity contribution in [3.63, 3.8) is 0 Å². The van der Waals surface area contributed by atoms with Gasteiger partial charge in [-0.15, -0.1) is 0 Å². The maximum atomic E-state index is 5.57. The number of imidazole rings is 1. The molecule has 0 aliphatic carbocycles. The highest BCUT2D eigenvalue weighted by molar-refractivity contribution is 5.66. The monoisotopic (exact) mass is 247 g/mol. The minimum atomic E-state index is 0.397. The molecule has 1 aromatic heterocycles. The number of methoxy groups -OCH3 is 2. The molecule has 5 heteroatoms. The minimum absolute atomic E-state index is 0.397. The summed E-state index contributed by atoms with van der Waals surface area (Å²) >= 11 is 0. The van der Waals surface area contributed by atoms with E-state index in [0.29, 0.717) is 18.0 Å². The molecule has 0 saturated carbocycles. The maximum absolute atomic E-state index is 5.57. The van der Waals surface area contributed by atoms with Crippen LogP contribution in [0.3, 0.4) is 0 Å². The van der Waals surface area contributed by atoms with Crippen molar-refractivity contribution in [3.05, 3.63) is 29.7 Å². The third-order valence-electron chi connectivity index (χ3n) is 2.78. The number of nitrogens with zero attached hydrogens (tertiary/aromatic N) is 1. The third kappa shape index (κ3) is 2.17. The summed E-state index contributed by atoms with van der Waals surface area (Å²) in [7, 11) is 3.23. The Morgan fingerprint density at radius 1 is 1.22 bits per heavy atom. The zero-order chi connectivity index (χ0) is 13.1. The minimum Gasteiger partial charge on any atom is -0.493 e. The van der Waals surface area contributed by atoms with Crippen molar-refractivity contribution in [2.75, 3.05) is 14.2 Å². The second-order valence-corrected chi connectivity index (χ2v) is 3.93. The highest BCUT2D eigenvalue weighted by Crippen LogP contribution is 2.32. The molecule has 0 aliphatic rings. The predicted octanol–water partition coefficient (Wildman–Crippen LogP) is 1.86. The van der Waals surface area contributed by atoms with E-state index in [1.54, 1.807) is 14.2 Å². The average Bonchev–Trinajstić information content (AvgIpc) is 2.79. The van der Waals surface area contributed by atoms with Gasteiger partial charge in [0.25, 0.3) is 0 Å². The Hall–Kier alpha value is -2.01. The molecule has 0 saturated heterocycles. The number of hydrogen-bond acceptors (Lipinski definition) is 4. The summed E-state index contributed by atoms with van der Waals surface area (Å²) in [6.07, 6.45) is 0. The van der Waals surface area contributed by atoms with E-state index < -0.39 is 0 Å². The lowest BCUT2D eigenvalue weighted by molar-refractivity contribution is 0.355. The first-order valence-corrected chi connectivity index (χ1v) is 5.67. The van der Waals surface area contributed by atoms with Crippen molar-refractivity contribution < 1.29 is 9.47 Å². The van der Waals surface area contributed by atoms with Crippen LogP contribution in [-0.4, -0.2) is 24.2 Å². The zero-order valence-corrected chi connectivity index (χ0v) is 10.8. The first-order chi connectivity index (χ1) is 8.69. The normalized spacial score (nSPS) is 10.4. The standard InChI is InChI=1S/C13H17N3O2/c1-8-13(16-12(7-14)15-8)9-4-5-10(17-2)11(6-9)18-3/h4-6H,7,14H2,1-3H3,(H,15,16). The average molecular weight is 247 g/mol. The van der Waals surface area contributed by atoms with Crippen molar-refractivity contribution in [1.29, 1.82) is 0 Å². The van der Waals surface area contributed by atoms with E-state index in [9.17, 15) is 0 Å². The summed E-state index contributed by atoms with van der Waals surface area (Å²) in [6, 6.07) is 5.72. The lowest BCUT2D eigenvalue weighted by Gasteiger charge is -2.08. The SMILES string of the molecule is COc1ccc(-c2nc(CN)[nH]c2C)cc1OC. The number of benzene rings is 1. The van der Waals surface area contributed by atoms with E-state index in [4.69, 9.17) is 15.2 Å². The van der Waals surface area contributed by atoms with Crippen molar-refractivity contribution >= 4 is 0 Å². The molecule has 0 atom stereocenters. The van der Waals surface area contributed by atoms with Gasteiger partial charge < -0.3 is 20.2 Å². The molecule has 5 nitrogen and oxygen atoms in total. The Kier molecular flexibility index (Phi) is 3.53. The zero-order valence-electron chi connectivity index (χ0n) is 10.8.